The predicted molar refractivity (Wildman–Crippen MR) is 84.3 cm³/mol. The highest BCUT2D eigenvalue weighted by atomic mass is 35.5. The first-order chi connectivity index (χ1) is 10.2. The Morgan fingerprint density at radius 2 is 1.86 bits per heavy atom. The molecule has 21 heavy (non-hydrogen) atoms. The number of nitrogens with two attached hydrogens (primary N) is 1. The highest BCUT2D eigenvalue weighted by Gasteiger charge is 2.17. The van der Waals surface area contributed by atoms with Crippen molar-refractivity contribution < 1.29 is 0 Å². The summed E-state index contributed by atoms with van der Waals surface area (Å²) in [5.41, 5.74) is 9.48. The molecule has 0 radical (unpaired) electrons. The van der Waals surface area contributed by atoms with Crippen LogP contribution in [0, 0.1) is 0 Å². The molecule has 0 fully saturated rings. The summed E-state index contributed by atoms with van der Waals surface area (Å²) in [6.45, 7) is 0. The van der Waals surface area contributed by atoms with Crippen molar-refractivity contribution in [2.45, 2.75) is 0 Å². The lowest BCUT2D eigenvalue weighted by Gasteiger charge is -2.02. The maximum absolute atomic E-state index is 6.29. The standard InChI is InChI=1S/C15H12ClN5/c1-20-12-7-6-9(17)8-13(12)21-14(18-19-15(20)21)10-4-2-3-5-11(10)16/h2-8H,17H2,1H3. The molecule has 104 valence electrons. The van der Waals surface area contributed by atoms with Crippen LogP contribution in [0.1, 0.15) is 0 Å². The molecular weight excluding hydrogens is 286 g/mol. The van der Waals surface area contributed by atoms with Gasteiger partial charge in [0.25, 0.3) is 0 Å². The molecule has 0 saturated heterocycles. The third-order valence-corrected chi connectivity index (χ3v) is 3.99. The molecule has 0 aliphatic rings. The number of nitrogens with zero attached hydrogens (tertiary/aromatic N) is 4. The van der Waals surface area contributed by atoms with E-state index < -0.39 is 0 Å². The fraction of sp³-hybridized carbons (Fsp3) is 0.0667. The highest BCUT2D eigenvalue weighted by molar-refractivity contribution is 6.33. The number of aromatic nitrogens is 4. The zero-order valence-corrected chi connectivity index (χ0v) is 12.0. The minimum Gasteiger partial charge on any atom is -0.399 e. The summed E-state index contributed by atoms with van der Waals surface area (Å²) in [5, 5.41) is 9.22. The quantitative estimate of drug-likeness (QED) is 0.549. The molecule has 2 heterocycles. The summed E-state index contributed by atoms with van der Waals surface area (Å²) in [7, 11) is 1.96. The highest BCUT2D eigenvalue weighted by Crippen LogP contribution is 2.30. The number of aryl methyl sites for hydroxylation is 1. The fourth-order valence-electron chi connectivity index (χ4n) is 2.64. The van der Waals surface area contributed by atoms with E-state index in [-0.39, 0.29) is 0 Å². The Labute approximate surface area is 125 Å². The van der Waals surface area contributed by atoms with Crippen molar-refractivity contribution in [3.05, 3.63) is 47.5 Å². The lowest BCUT2D eigenvalue weighted by atomic mass is 10.2. The summed E-state index contributed by atoms with van der Waals surface area (Å²) in [6.07, 6.45) is 0. The van der Waals surface area contributed by atoms with Gasteiger partial charge >= 0.3 is 0 Å². The fourth-order valence-corrected chi connectivity index (χ4v) is 2.86. The number of hydrogen-bond donors (Lipinski definition) is 1. The van der Waals surface area contributed by atoms with Gasteiger partial charge in [0, 0.05) is 18.3 Å². The van der Waals surface area contributed by atoms with Crippen molar-refractivity contribution in [3.63, 3.8) is 0 Å². The van der Waals surface area contributed by atoms with Crippen LogP contribution in [0.5, 0.6) is 0 Å². The molecule has 0 aliphatic carbocycles. The van der Waals surface area contributed by atoms with Crippen LogP contribution in [0.15, 0.2) is 42.5 Å². The molecule has 0 aliphatic heterocycles. The maximum atomic E-state index is 6.29. The monoisotopic (exact) mass is 297 g/mol. The molecule has 4 rings (SSSR count). The number of hydrogen-bond acceptors (Lipinski definition) is 3. The molecule has 0 atom stereocenters. The lowest BCUT2D eigenvalue weighted by molar-refractivity contribution is 0.954. The van der Waals surface area contributed by atoms with Gasteiger partial charge in [0.15, 0.2) is 5.82 Å². The SMILES string of the molecule is Cn1c2ccc(N)cc2n2c(-c3ccccc3Cl)nnc12. The van der Waals surface area contributed by atoms with Gasteiger partial charge in [-0.2, -0.15) is 0 Å². The smallest absolute Gasteiger partial charge is 0.236 e. The molecule has 0 saturated carbocycles. The molecule has 2 N–H and O–H groups in total. The minimum atomic E-state index is 0.646. The van der Waals surface area contributed by atoms with Crippen LogP contribution in [-0.2, 0) is 7.05 Å². The second kappa shape index (κ2) is 4.23. The zero-order valence-electron chi connectivity index (χ0n) is 11.3. The Morgan fingerprint density at radius 3 is 2.67 bits per heavy atom. The van der Waals surface area contributed by atoms with Crippen LogP contribution in [0.4, 0.5) is 5.69 Å². The summed E-state index contributed by atoms with van der Waals surface area (Å²) in [4.78, 5) is 0. The van der Waals surface area contributed by atoms with E-state index in [1.807, 2.05) is 58.5 Å². The zero-order chi connectivity index (χ0) is 14.6. The molecule has 5 nitrogen and oxygen atoms in total. The summed E-state index contributed by atoms with van der Waals surface area (Å²) in [5.74, 6) is 1.47. The van der Waals surface area contributed by atoms with Crippen LogP contribution in [-0.4, -0.2) is 19.2 Å². The van der Waals surface area contributed by atoms with Crippen LogP contribution in [0.25, 0.3) is 28.2 Å². The average Bonchev–Trinajstić information content (AvgIpc) is 3.01. The van der Waals surface area contributed by atoms with Crippen molar-refractivity contribution in [2.24, 2.45) is 7.05 Å². The van der Waals surface area contributed by atoms with Crippen molar-refractivity contribution in [1.29, 1.82) is 0 Å². The Balaban J connectivity index is 2.17. The third-order valence-electron chi connectivity index (χ3n) is 3.66. The Morgan fingerprint density at radius 1 is 1.05 bits per heavy atom. The number of halogens is 1. The van der Waals surface area contributed by atoms with Crippen LogP contribution in [0.3, 0.4) is 0 Å². The second-order valence-corrected chi connectivity index (χ2v) is 5.35. The van der Waals surface area contributed by atoms with Crippen molar-refractivity contribution in [2.75, 3.05) is 5.73 Å². The Bertz CT molecular complexity index is 982. The predicted octanol–water partition coefficient (Wildman–Crippen LogP) is 3.12. The average molecular weight is 298 g/mol. The third kappa shape index (κ3) is 1.64. The van der Waals surface area contributed by atoms with Crippen LogP contribution >= 0.6 is 11.6 Å². The number of benzene rings is 2. The van der Waals surface area contributed by atoms with Gasteiger partial charge in [0.05, 0.1) is 16.1 Å². The molecule has 0 amide bonds. The molecule has 0 unspecified atom stereocenters. The number of nitrogen functional groups attached to an aromatic ring is 1. The number of fused-ring (bicyclic) bond motifs is 3. The molecular formula is C15H12ClN5. The van der Waals surface area contributed by atoms with Gasteiger partial charge in [-0.1, -0.05) is 23.7 Å². The second-order valence-electron chi connectivity index (χ2n) is 4.95. The number of imidazole rings is 1. The molecule has 2 aromatic heterocycles. The first kappa shape index (κ1) is 12.2. The topological polar surface area (TPSA) is 61.1 Å². The van der Waals surface area contributed by atoms with Crippen molar-refractivity contribution in [1.82, 2.24) is 19.2 Å². The minimum absolute atomic E-state index is 0.646. The van der Waals surface area contributed by atoms with E-state index >= 15 is 0 Å². The van der Waals surface area contributed by atoms with Crippen molar-refractivity contribution >= 4 is 34.1 Å². The van der Waals surface area contributed by atoms with E-state index in [1.165, 1.54) is 0 Å². The van der Waals surface area contributed by atoms with E-state index in [4.69, 9.17) is 17.3 Å². The largest absolute Gasteiger partial charge is 0.399 e. The number of anilines is 1. The first-order valence-corrected chi connectivity index (χ1v) is 6.88. The maximum Gasteiger partial charge on any atom is 0.236 e. The van der Waals surface area contributed by atoms with E-state index in [0.29, 0.717) is 16.5 Å². The molecule has 4 aromatic rings. The van der Waals surface area contributed by atoms with Crippen LogP contribution in [0.2, 0.25) is 5.02 Å². The summed E-state index contributed by atoms with van der Waals surface area (Å²) >= 11 is 6.29. The van der Waals surface area contributed by atoms with Gasteiger partial charge in [-0.25, -0.2) is 0 Å². The molecule has 0 spiro atoms. The molecule has 6 heteroatoms. The van der Waals surface area contributed by atoms with Crippen LogP contribution < -0.4 is 5.73 Å². The lowest BCUT2D eigenvalue weighted by Crippen LogP contribution is -1.90. The molecule has 2 aromatic carbocycles. The molecule has 0 bridgehead atoms. The Kier molecular flexibility index (Phi) is 2.46. The summed E-state index contributed by atoms with van der Waals surface area (Å²) in [6, 6.07) is 13.4. The van der Waals surface area contributed by atoms with E-state index in [2.05, 4.69) is 10.2 Å². The van der Waals surface area contributed by atoms with Gasteiger partial charge in [-0.15, -0.1) is 10.2 Å². The van der Waals surface area contributed by atoms with E-state index in [1.54, 1.807) is 0 Å². The Hall–Kier alpha value is -2.53. The first-order valence-electron chi connectivity index (χ1n) is 6.51. The van der Waals surface area contributed by atoms with Gasteiger partial charge in [-0.3, -0.25) is 4.40 Å². The van der Waals surface area contributed by atoms with E-state index in [0.717, 1.165) is 22.4 Å². The van der Waals surface area contributed by atoms with Gasteiger partial charge < -0.3 is 10.3 Å². The number of rotatable bonds is 1. The summed E-state index contributed by atoms with van der Waals surface area (Å²) < 4.78 is 3.97. The van der Waals surface area contributed by atoms with Crippen molar-refractivity contribution in [3.8, 4) is 11.4 Å². The normalized spacial score (nSPS) is 11.5. The van der Waals surface area contributed by atoms with E-state index in [9.17, 15) is 0 Å². The van der Waals surface area contributed by atoms with Gasteiger partial charge in [0.1, 0.15) is 0 Å². The van der Waals surface area contributed by atoms with Gasteiger partial charge in [-0.05, 0) is 30.3 Å². The van der Waals surface area contributed by atoms with Gasteiger partial charge in [0.2, 0.25) is 5.78 Å².